The third kappa shape index (κ3) is 4.17. The fourth-order valence-corrected chi connectivity index (χ4v) is 3.17. The molecule has 1 saturated heterocycles. The summed E-state index contributed by atoms with van der Waals surface area (Å²) in [6.07, 6.45) is 1.92. The van der Waals surface area contributed by atoms with Crippen molar-refractivity contribution < 1.29 is 9.59 Å². The van der Waals surface area contributed by atoms with Crippen molar-refractivity contribution in [2.45, 2.75) is 25.9 Å². The molecule has 2 amide bonds. The molecule has 1 N–H and O–H groups in total. The van der Waals surface area contributed by atoms with E-state index in [1.807, 2.05) is 43.3 Å². The molecule has 1 aromatic carbocycles. The minimum absolute atomic E-state index is 0.0226. The molecular weight excluding hydrogens is 338 g/mol. The molecular formula is C19H20ClN3O2. The number of hydrogen-bond acceptors (Lipinski definition) is 3. The van der Waals surface area contributed by atoms with Crippen LogP contribution in [0.15, 0.2) is 48.7 Å². The molecule has 0 aliphatic carbocycles. The van der Waals surface area contributed by atoms with Crippen LogP contribution < -0.4 is 5.32 Å². The molecule has 1 fully saturated rings. The molecule has 2 aromatic rings. The summed E-state index contributed by atoms with van der Waals surface area (Å²) in [5.74, 6) is -0.486. The summed E-state index contributed by atoms with van der Waals surface area (Å²) in [4.78, 5) is 30.7. The first kappa shape index (κ1) is 17.4. The summed E-state index contributed by atoms with van der Waals surface area (Å²) < 4.78 is 0. The number of likely N-dealkylation sites (tertiary alicyclic amines) is 1. The molecule has 0 spiro atoms. The maximum absolute atomic E-state index is 12.5. The molecule has 1 aliphatic heterocycles. The highest BCUT2D eigenvalue weighted by atomic mass is 35.5. The van der Waals surface area contributed by atoms with Gasteiger partial charge in [-0.05, 0) is 30.7 Å². The second-order valence-corrected chi connectivity index (χ2v) is 6.66. The Labute approximate surface area is 152 Å². The summed E-state index contributed by atoms with van der Waals surface area (Å²) in [6, 6.07) is 12.8. The van der Waals surface area contributed by atoms with Gasteiger partial charge in [0.1, 0.15) is 0 Å². The predicted octanol–water partition coefficient (Wildman–Crippen LogP) is 2.96. The standard InChI is InChI=1S/C19H20ClN3O2/c1-13(17-8-4-5-9-21-17)22-19(25)15-10-18(24)23(12-15)11-14-6-2-3-7-16(14)20/h2-9,13,15H,10-12H2,1H3,(H,22,25)/t13-,15+/m0/s1. The largest absolute Gasteiger partial charge is 0.348 e. The minimum Gasteiger partial charge on any atom is -0.348 e. The fraction of sp³-hybridized carbons (Fsp3) is 0.316. The quantitative estimate of drug-likeness (QED) is 0.894. The third-order valence-corrected chi connectivity index (χ3v) is 4.76. The highest BCUT2D eigenvalue weighted by Crippen LogP contribution is 2.24. The van der Waals surface area contributed by atoms with E-state index in [9.17, 15) is 9.59 Å². The summed E-state index contributed by atoms with van der Waals surface area (Å²) in [6.45, 7) is 2.72. The van der Waals surface area contributed by atoms with Crippen molar-refractivity contribution in [3.8, 4) is 0 Å². The molecule has 0 bridgehead atoms. The number of carbonyl (C=O) groups excluding carboxylic acids is 2. The van der Waals surface area contributed by atoms with Crippen LogP contribution in [0.4, 0.5) is 0 Å². The van der Waals surface area contributed by atoms with Gasteiger partial charge in [-0.2, -0.15) is 0 Å². The maximum atomic E-state index is 12.5. The number of hydrogen-bond donors (Lipinski definition) is 1. The molecule has 1 aromatic heterocycles. The summed E-state index contributed by atoms with van der Waals surface area (Å²) >= 11 is 6.16. The maximum Gasteiger partial charge on any atom is 0.225 e. The van der Waals surface area contributed by atoms with E-state index in [1.165, 1.54) is 0 Å². The average Bonchev–Trinajstić information content (AvgIpc) is 2.98. The smallest absolute Gasteiger partial charge is 0.225 e. The van der Waals surface area contributed by atoms with Crippen LogP contribution in [-0.2, 0) is 16.1 Å². The Morgan fingerprint density at radius 3 is 2.80 bits per heavy atom. The number of halogens is 1. The highest BCUT2D eigenvalue weighted by Gasteiger charge is 2.35. The molecule has 0 unspecified atom stereocenters. The van der Waals surface area contributed by atoms with Gasteiger partial charge in [0.15, 0.2) is 0 Å². The minimum atomic E-state index is -0.346. The topological polar surface area (TPSA) is 62.3 Å². The zero-order valence-corrected chi connectivity index (χ0v) is 14.7. The van der Waals surface area contributed by atoms with Crippen molar-refractivity contribution in [3.63, 3.8) is 0 Å². The zero-order valence-electron chi connectivity index (χ0n) is 14.0. The van der Waals surface area contributed by atoms with E-state index in [4.69, 9.17) is 11.6 Å². The number of pyridine rings is 1. The van der Waals surface area contributed by atoms with Crippen LogP contribution in [0.1, 0.15) is 30.6 Å². The first-order valence-electron chi connectivity index (χ1n) is 8.27. The van der Waals surface area contributed by atoms with Crippen molar-refractivity contribution in [2.75, 3.05) is 6.54 Å². The lowest BCUT2D eigenvalue weighted by molar-refractivity contribution is -0.129. The summed E-state index contributed by atoms with van der Waals surface area (Å²) in [7, 11) is 0. The SMILES string of the molecule is C[C@H](NC(=O)[C@@H]1CC(=O)N(Cc2ccccc2Cl)C1)c1ccccn1. The van der Waals surface area contributed by atoms with Crippen molar-refractivity contribution in [3.05, 3.63) is 64.9 Å². The first-order chi connectivity index (χ1) is 12.0. The van der Waals surface area contributed by atoms with Gasteiger partial charge >= 0.3 is 0 Å². The molecule has 5 nitrogen and oxygen atoms in total. The second kappa shape index (κ2) is 7.66. The Hall–Kier alpha value is -2.40. The number of benzene rings is 1. The van der Waals surface area contributed by atoms with Crippen molar-refractivity contribution in [2.24, 2.45) is 5.92 Å². The van der Waals surface area contributed by atoms with Gasteiger partial charge < -0.3 is 10.2 Å². The number of rotatable bonds is 5. The molecule has 0 radical (unpaired) electrons. The van der Waals surface area contributed by atoms with E-state index < -0.39 is 0 Å². The van der Waals surface area contributed by atoms with Crippen LogP contribution in [-0.4, -0.2) is 28.2 Å². The van der Waals surface area contributed by atoms with Crippen molar-refractivity contribution in [1.29, 1.82) is 0 Å². The second-order valence-electron chi connectivity index (χ2n) is 6.25. The van der Waals surface area contributed by atoms with E-state index in [0.29, 0.717) is 18.1 Å². The molecule has 1 aliphatic rings. The van der Waals surface area contributed by atoms with E-state index in [0.717, 1.165) is 11.3 Å². The van der Waals surface area contributed by atoms with E-state index >= 15 is 0 Å². The van der Waals surface area contributed by atoms with E-state index in [2.05, 4.69) is 10.3 Å². The molecule has 2 atom stereocenters. The zero-order chi connectivity index (χ0) is 17.8. The lowest BCUT2D eigenvalue weighted by Crippen LogP contribution is -2.34. The predicted molar refractivity (Wildman–Crippen MR) is 95.8 cm³/mol. The Morgan fingerprint density at radius 1 is 1.32 bits per heavy atom. The first-order valence-corrected chi connectivity index (χ1v) is 8.65. The summed E-state index contributed by atoms with van der Waals surface area (Å²) in [5, 5.41) is 3.58. The van der Waals surface area contributed by atoms with Gasteiger partial charge in [-0.25, -0.2) is 0 Å². The van der Waals surface area contributed by atoms with Gasteiger partial charge in [0.05, 0.1) is 17.7 Å². The van der Waals surface area contributed by atoms with Gasteiger partial charge in [-0.3, -0.25) is 14.6 Å². The van der Waals surface area contributed by atoms with Gasteiger partial charge in [-0.1, -0.05) is 35.9 Å². The van der Waals surface area contributed by atoms with E-state index in [-0.39, 0.29) is 30.2 Å². The van der Waals surface area contributed by atoms with Crippen LogP contribution in [0.3, 0.4) is 0 Å². The molecule has 3 rings (SSSR count). The van der Waals surface area contributed by atoms with Crippen molar-refractivity contribution in [1.82, 2.24) is 15.2 Å². The highest BCUT2D eigenvalue weighted by molar-refractivity contribution is 6.31. The molecule has 2 heterocycles. The number of nitrogens with one attached hydrogen (secondary N) is 1. The van der Waals surface area contributed by atoms with Crippen LogP contribution in [0.25, 0.3) is 0 Å². The van der Waals surface area contributed by atoms with E-state index in [1.54, 1.807) is 17.2 Å². The van der Waals surface area contributed by atoms with Gasteiger partial charge in [0, 0.05) is 30.7 Å². The molecule has 6 heteroatoms. The number of aromatic nitrogens is 1. The number of amides is 2. The summed E-state index contributed by atoms with van der Waals surface area (Å²) in [5.41, 5.74) is 1.69. The molecule has 25 heavy (non-hydrogen) atoms. The Kier molecular flexibility index (Phi) is 5.34. The molecule has 130 valence electrons. The van der Waals surface area contributed by atoms with Crippen LogP contribution in [0.5, 0.6) is 0 Å². The van der Waals surface area contributed by atoms with Crippen LogP contribution in [0, 0.1) is 5.92 Å². The lowest BCUT2D eigenvalue weighted by Gasteiger charge is -2.19. The monoisotopic (exact) mass is 357 g/mol. The van der Waals surface area contributed by atoms with Gasteiger partial charge in [-0.15, -0.1) is 0 Å². The number of nitrogens with zero attached hydrogens (tertiary/aromatic N) is 2. The van der Waals surface area contributed by atoms with Gasteiger partial charge in [0.25, 0.3) is 0 Å². The Morgan fingerprint density at radius 2 is 2.08 bits per heavy atom. The normalized spacial score (nSPS) is 18.2. The van der Waals surface area contributed by atoms with Gasteiger partial charge in [0.2, 0.25) is 11.8 Å². The molecule has 0 saturated carbocycles. The number of carbonyl (C=O) groups is 2. The average molecular weight is 358 g/mol. The Bertz CT molecular complexity index is 766. The van der Waals surface area contributed by atoms with Crippen molar-refractivity contribution >= 4 is 23.4 Å². The fourth-order valence-electron chi connectivity index (χ4n) is 2.97. The van der Waals surface area contributed by atoms with Crippen LogP contribution >= 0.6 is 11.6 Å². The lowest BCUT2D eigenvalue weighted by atomic mass is 10.1. The van der Waals surface area contributed by atoms with Crippen LogP contribution in [0.2, 0.25) is 5.02 Å². The third-order valence-electron chi connectivity index (χ3n) is 4.39. The Balaban J connectivity index is 1.60.